The normalized spacial score (nSPS) is 11.0. The van der Waals surface area contributed by atoms with Crippen molar-refractivity contribution in [3.05, 3.63) is 36.0 Å². The summed E-state index contributed by atoms with van der Waals surface area (Å²) in [6.45, 7) is 4.37. The van der Waals surface area contributed by atoms with Crippen molar-refractivity contribution >= 4 is 5.69 Å². The van der Waals surface area contributed by atoms with Crippen molar-refractivity contribution in [1.29, 1.82) is 0 Å². The Morgan fingerprint density at radius 3 is 2.62 bits per heavy atom. The third-order valence-electron chi connectivity index (χ3n) is 2.79. The van der Waals surface area contributed by atoms with E-state index >= 15 is 0 Å². The lowest BCUT2D eigenvalue weighted by Crippen LogP contribution is -1.97. The van der Waals surface area contributed by atoms with Crippen molar-refractivity contribution in [3.8, 4) is 11.3 Å². The van der Waals surface area contributed by atoms with Crippen LogP contribution >= 0.6 is 0 Å². The van der Waals surface area contributed by atoms with Gasteiger partial charge in [0.1, 0.15) is 0 Å². The van der Waals surface area contributed by atoms with Crippen LogP contribution < -0.4 is 5.73 Å². The summed E-state index contributed by atoms with van der Waals surface area (Å²) in [6.07, 6.45) is 1.69. The van der Waals surface area contributed by atoms with Gasteiger partial charge in [0.05, 0.1) is 17.6 Å². The molecular weight excluding hydrogens is 198 g/mol. The molecule has 0 aliphatic carbocycles. The minimum absolute atomic E-state index is 0.523. The van der Waals surface area contributed by atoms with Gasteiger partial charge >= 0.3 is 0 Å². The van der Waals surface area contributed by atoms with Crippen molar-refractivity contribution in [1.82, 2.24) is 9.78 Å². The highest BCUT2D eigenvalue weighted by Gasteiger charge is 2.09. The van der Waals surface area contributed by atoms with Crippen molar-refractivity contribution in [2.45, 2.75) is 19.8 Å². The van der Waals surface area contributed by atoms with Crippen LogP contribution in [0.2, 0.25) is 0 Å². The van der Waals surface area contributed by atoms with Gasteiger partial charge in [0, 0.05) is 12.6 Å². The van der Waals surface area contributed by atoms with Crippen LogP contribution in [-0.2, 0) is 7.05 Å². The maximum absolute atomic E-state index is 5.92. The first-order valence-corrected chi connectivity index (χ1v) is 5.47. The molecule has 0 saturated heterocycles. The number of hydrogen-bond donors (Lipinski definition) is 1. The zero-order chi connectivity index (χ0) is 11.7. The van der Waals surface area contributed by atoms with Gasteiger partial charge in [-0.05, 0) is 17.5 Å². The van der Waals surface area contributed by atoms with Crippen LogP contribution in [0.15, 0.2) is 30.5 Å². The molecule has 84 valence electrons. The van der Waals surface area contributed by atoms with Crippen LogP contribution in [0, 0.1) is 0 Å². The molecule has 0 unspecified atom stereocenters. The molecule has 0 spiro atoms. The molecule has 3 nitrogen and oxygen atoms in total. The Morgan fingerprint density at radius 1 is 1.31 bits per heavy atom. The van der Waals surface area contributed by atoms with Crippen molar-refractivity contribution < 1.29 is 0 Å². The van der Waals surface area contributed by atoms with Crippen LogP contribution in [0.5, 0.6) is 0 Å². The molecule has 0 aliphatic rings. The molecule has 16 heavy (non-hydrogen) atoms. The molecule has 0 fully saturated rings. The second-order valence-electron chi connectivity index (χ2n) is 4.35. The number of anilines is 1. The van der Waals surface area contributed by atoms with Crippen LogP contribution in [0.25, 0.3) is 11.3 Å². The molecule has 0 saturated carbocycles. The SMILES string of the molecule is CC(C)c1cccc(-c2c(N)cnn2C)c1. The van der Waals surface area contributed by atoms with Gasteiger partial charge in [-0.3, -0.25) is 4.68 Å². The van der Waals surface area contributed by atoms with E-state index < -0.39 is 0 Å². The van der Waals surface area contributed by atoms with Crippen molar-refractivity contribution in [2.75, 3.05) is 5.73 Å². The van der Waals surface area contributed by atoms with Crippen molar-refractivity contribution in [2.24, 2.45) is 7.05 Å². The van der Waals surface area contributed by atoms with Crippen LogP contribution in [0.1, 0.15) is 25.3 Å². The molecule has 1 aromatic heterocycles. The van der Waals surface area contributed by atoms with Gasteiger partial charge in [-0.1, -0.05) is 32.0 Å². The van der Waals surface area contributed by atoms with Gasteiger partial charge in [0.2, 0.25) is 0 Å². The number of rotatable bonds is 2. The van der Waals surface area contributed by atoms with E-state index in [-0.39, 0.29) is 0 Å². The first-order valence-electron chi connectivity index (χ1n) is 5.47. The van der Waals surface area contributed by atoms with Gasteiger partial charge in [-0.15, -0.1) is 0 Å². The molecule has 0 bridgehead atoms. The summed E-state index contributed by atoms with van der Waals surface area (Å²) in [5.74, 6) is 0.523. The second kappa shape index (κ2) is 4.00. The molecule has 0 aliphatic heterocycles. The average molecular weight is 215 g/mol. The Kier molecular flexibility index (Phi) is 2.69. The molecule has 2 rings (SSSR count). The molecule has 1 aromatic carbocycles. The number of hydrogen-bond acceptors (Lipinski definition) is 2. The van der Waals surface area contributed by atoms with Gasteiger partial charge < -0.3 is 5.73 Å². The predicted molar refractivity (Wildman–Crippen MR) is 67.1 cm³/mol. The zero-order valence-electron chi connectivity index (χ0n) is 9.94. The van der Waals surface area contributed by atoms with E-state index in [4.69, 9.17) is 5.73 Å². The number of benzene rings is 1. The van der Waals surface area contributed by atoms with E-state index in [0.29, 0.717) is 5.92 Å². The molecule has 2 N–H and O–H groups in total. The van der Waals surface area contributed by atoms with E-state index in [9.17, 15) is 0 Å². The lowest BCUT2D eigenvalue weighted by molar-refractivity contribution is 0.775. The summed E-state index contributed by atoms with van der Waals surface area (Å²) < 4.78 is 1.81. The van der Waals surface area contributed by atoms with Gasteiger partial charge in [0.25, 0.3) is 0 Å². The molecule has 2 aromatic rings. The minimum atomic E-state index is 0.523. The molecule has 1 heterocycles. The Hall–Kier alpha value is -1.77. The van der Waals surface area contributed by atoms with E-state index in [1.54, 1.807) is 6.20 Å². The number of nitrogens with two attached hydrogens (primary N) is 1. The summed E-state index contributed by atoms with van der Waals surface area (Å²) in [5, 5.41) is 4.16. The predicted octanol–water partition coefficient (Wildman–Crippen LogP) is 2.79. The monoisotopic (exact) mass is 215 g/mol. The first kappa shape index (κ1) is 10.7. The molecular formula is C13H17N3. The molecule has 0 atom stereocenters. The summed E-state index contributed by atoms with van der Waals surface area (Å²) in [5.41, 5.74) is 10.1. The summed E-state index contributed by atoms with van der Waals surface area (Å²) in [4.78, 5) is 0. The van der Waals surface area contributed by atoms with Crippen molar-refractivity contribution in [3.63, 3.8) is 0 Å². The maximum Gasteiger partial charge on any atom is 0.0908 e. The quantitative estimate of drug-likeness (QED) is 0.837. The lowest BCUT2D eigenvalue weighted by Gasteiger charge is -2.09. The summed E-state index contributed by atoms with van der Waals surface area (Å²) >= 11 is 0. The summed E-state index contributed by atoms with van der Waals surface area (Å²) in [7, 11) is 1.91. The van der Waals surface area contributed by atoms with Crippen LogP contribution in [0.3, 0.4) is 0 Å². The fourth-order valence-corrected chi connectivity index (χ4v) is 1.85. The number of aryl methyl sites for hydroxylation is 1. The minimum Gasteiger partial charge on any atom is -0.396 e. The van der Waals surface area contributed by atoms with E-state index in [0.717, 1.165) is 16.9 Å². The van der Waals surface area contributed by atoms with Crippen LogP contribution in [0.4, 0.5) is 5.69 Å². The van der Waals surface area contributed by atoms with E-state index in [1.165, 1.54) is 5.56 Å². The topological polar surface area (TPSA) is 43.8 Å². The van der Waals surface area contributed by atoms with E-state index in [1.807, 2.05) is 11.7 Å². The third kappa shape index (κ3) is 1.81. The highest BCUT2D eigenvalue weighted by Crippen LogP contribution is 2.27. The second-order valence-corrected chi connectivity index (χ2v) is 4.35. The zero-order valence-corrected chi connectivity index (χ0v) is 9.94. The average Bonchev–Trinajstić information content (AvgIpc) is 2.59. The maximum atomic E-state index is 5.92. The Balaban J connectivity index is 2.52. The fraction of sp³-hybridized carbons (Fsp3) is 0.308. The van der Waals surface area contributed by atoms with E-state index in [2.05, 4.69) is 43.2 Å². The molecule has 3 heteroatoms. The molecule has 0 amide bonds. The number of aromatic nitrogens is 2. The first-order chi connectivity index (χ1) is 7.59. The largest absolute Gasteiger partial charge is 0.396 e. The fourth-order valence-electron chi connectivity index (χ4n) is 1.85. The standard InChI is InChI=1S/C13H17N3/c1-9(2)10-5-4-6-11(7-10)13-12(14)8-15-16(13)3/h4-9H,14H2,1-3H3. The van der Waals surface area contributed by atoms with Gasteiger partial charge in [-0.25, -0.2) is 0 Å². The lowest BCUT2D eigenvalue weighted by atomic mass is 9.99. The Labute approximate surface area is 95.9 Å². The highest BCUT2D eigenvalue weighted by atomic mass is 15.3. The number of nitrogen functional groups attached to an aromatic ring is 1. The molecule has 0 radical (unpaired) electrons. The smallest absolute Gasteiger partial charge is 0.0908 e. The van der Waals surface area contributed by atoms with Gasteiger partial charge in [0.15, 0.2) is 0 Å². The Morgan fingerprint density at radius 2 is 2.06 bits per heavy atom. The Bertz CT molecular complexity index is 478. The van der Waals surface area contributed by atoms with Gasteiger partial charge in [-0.2, -0.15) is 5.10 Å². The highest BCUT2D eigenvalue weighted by molar-refractivity contribution is 5.72. The third-order valence-corrected chi connectivity index (χ3v) is 2.79. The number of nitrogens with zero attached hydrogens (tertiary/aromatic N) is 2. The summed E-state index contributed by atoms with van der Waals surface area (Å²) in [6, 6.07) is 8.45. The van der Waals surface area contributed by atoms with Crippen LogP contribution in [-0.4, -0.2) is 9.78 Å².